The summed E-state index contributed by atoms with van der Waals surface area (Å²) in [6.45, 7) is 6.70. The van der Waals surface area contributed by atoms with Crippen molar-refractivity contribution in [3.8, 4) is 5.75 Å². The maximum absolute atomic E-state index is 11.5. The van der Waals surface area contributed by atoms with Crippen molar-refractivity contribution in [1.29, 1.82) is 0 Å². The number of carbonyl (C=O) groups is 1. The smallest absolute Gasteiger partial charge is 0.319 e. The van der Waals surface area contributed by atoms with E-state index in [4.69, 9.17) is 4.74 Å². The monoisotopic (exact) mass is 250 g/mol. The summed E-state index contributed by atoms with van der Waals surface area (Å²) in [5, 5.41) is 5.53. The Kier molecular flexibility index (Phi) is 6.05. The molecule has 0 aliphatic heterocycles. The lowest BCUT2D eigenvalue weighted by molar-refractivity contribution is 0.250. The molecule has 2 amide bonds. The van der Waals surface area contributed by atoms with Crippen molar-refractivity contribution < 1.29 is 9.53 Å². The van der Waals surface area contributed by atoms with Crippen LogP contribution >= 0.6 is 0 Å². The molecule has 100 valence electrons. The zero-order valence-electron chi connectivity index (χ0n) is 11.3. The Morgan fingerprint density at radius 1 is 1.28 bits per heavy atom. The van der Waals surface area contributed by atoms with Crippen molar-refractivity contribution in [2.45, 2.75) is 39.7 Å². The second kappa shape index (κ2) is 7.58. The molecule has 0 radical (unpaired) electrons. The number of ether oxygens (including phenoxy) is 1. The van der Waals surface area contributed by atoms with Gasteiger partial charge in [0, 0.05) is 11.7 Å². The molecule has 0 saturated heterocycles. The molecule has 4 nitrogen and oxygen atoms in total. The van der Waals surface area contributed by atoms with E-state index in [-0.39, 0.29) is 12.1 Å². The summed E-state index contributed by atoms with van der Waals surface area (Å²) in [7, 11) is 0. The second-order valence-electron chi connectivity index (χ2n) is 4.48. The summed E-state index contributed by atoms with van der Waals surface area (Å²) in [6, 6.07) is 7.33. The number of hydrogen-bond donors (Lipinski definition) is 2. The first-order valence-electron chi connectivity index (χ1n) is 6.42. The third kappa shape index (κ3) is 5.57. The molecule has 0 unspecified atom stereocenters. The minimum absolute atomic E-state index is 0.127. The van der Waals surface area contributed by atoms with Gasteiger partial charge in [-0.1, -0.05) is 13.3 Å². The van der Waals surface area contributed by atoms with Gasteiger partial charge in [0.05, 0.1) is 6.61 Å². The van der Waals surface area contributed by atoms with Gasteiger partial charge < -0.3 is 15.4 Å². The van der Waals surface area contributed by atoms with Crippen LogP contribution < -0.4 is 15.4 Å². The van der Waals surface area contributed by atoms with Gasteiger partial charge >= 0.3 is 6.03 Å². The third-order valence-electron chi connectivity index (χ3n) is 2.30. The average Bonchev–Trinajstić information content (AvgIpc) is 2.30. The topological polar surface area (TPSA) is 50.4 Å². The highest BCUT2D eigenvalue weighted by molar-refractivity contribution is 5.89. The van der Waals surface area contributed by atoms with E-state index in [1.807, 2.05) is 38.1 Å². The van der Waals surface area contributed by atoms with Crippen molar-refractivity contribution in [3.63, 3.8) is 0 Å². The molecule has 0 heterocycles. The maximum atomic E-state index is 11.5. The van der Waals surface area contributed by atoms with Gasteiger partial charge in [-0.05, 0) is 44.5 Å². The van der Waals surface area contributed by atoms with Crippen LogP contribution in [0.1, 0.15) is 33.6 Å². The van der Waals surface area contributed by atoms with Crippen LogP contribution in [0.5, 0.6) is 5.75 Å². The molecule has 1 aromatic rings. The van der Waals surface area contributed by atoms with Crippen molar-refractivity contribution in [2.75, 3.05) is 11.9 Å². The van der Waals surface area contributed by atoms with Gasteiger partial charge in [0.15, 0.2) is 0 Å². The van der Waals surface area contributed by atoms with Gasteiger partial charge in [0.1, 0.15) is 5.75 Å². The number of carbonyl (C=O) groups excluding carboxylic acids is 1. The summed E-state index contributed by atoms with van der Waals surface area (Å²) in [4.78, 5) is 11.5. The molecule has 0 bridgehead atoms. The number of benzene rings is 1. The van der Waals surface area contributed by atoms with Gasteiger partial charge in [-0.3, -0.25) is 0 Å². The Balaban J connectivity index is 2.42. The summed E-state index contributed by atoms with van der Waals surface area (Å²) >= 11 is 0. The largest absolute Gasteiger partial charge is 0.494 e. The van der Waals surface area contributed by atoms with Gasteiger partial charge in [0.2, 0.25) is 0 Å². The van der Waals surface area contributed by atoms with E-state index in [1.54, 1.807) is 0 Å². The SMILES string of the molecule is CCCCOc1ccc(NC(=O)NC(C)C)cc1. The normalized spacial score (nSPS) is 10.2. The Morgan fingerprint density at radius 2 is 1.94 bits per heavy atom. The molecule has 0 saturated carbocycles. The molecule has 2 N–H and O–H groups in total. The molecule has 18 heavy (non-hydrogen) atoms. The molecule has 0 fully saturated rings. The van der Waals surface area contributed by atoms with Crippen LogP contribution in [0.25, 0.3) is 0 Å². The first-order chi connectivity index (χ1) is 8.61. The van der Waals surface area contributed by atoms with Gasteiger partial charge in [-0.25, -0.2) is 4.79 Å². The fourth-order valence-electron chi connectivity index (χ4n) is 1.40. The van der Waals surface area contributed by atoms with E-state index in [9.17, 15) is 4.79 Å². The Hall–Kier alpha value is -1.71. The second-order valence-corrected chi connectivity index (χ2v) is 4.48. The maximum Gasteiger partial charge on any atom is 0.319 e. The summed E-state index contributed by atoms with van der Waals surface area (Å²) in [5.74, 6) is 0.832. The number of amides is 2. The van der Waals surface area contributed by atoms with Crippen molar-refractivity contribution in [2.24, 2.45) is 0 Å². The van der Waals surface area contributed by atoms with Crippen molar-refractivity contribution in [3.05, 3.63) is 24.3 Å². The number of rotatable bonds is 6. The zero-order valence-corrected chi connectivity index (χ0v) is 11.3. The molecule has 0 aliphatic rings. The fourth-order valence-corrected chi connectivity index (χ4v) is 1.40. The van der Waals surface area contributed by atoms with Gasteiger partial charge in [-0.2, -0.15) is 0 Å². The lowest BCUT2D eigenvalue weighted by Crippen LogP contribution is -2.34. The predicted molar refractivity (Wildman–Crippen MR) is 74.1 cm³/mol. The van der Waals surface area contributed by atoms with E-state index in [0.717, 1.165) is 30.9 Å². The molecule has 0 atom stereocenters. The molecular weight excluding hydrogens is 228 g/mol. The number of nitrogens with one attached hydrogen (secondary N) is 2. The molecule has 0 aliphatic carbocycles. The summed E-state index contributed by atoms with van der Waals surface area (Å²) in [5.41, 5.74) is 0.760. The van der Waals surface area contributed by atoms with Gasteiger partial charge in [-0.15, -0.1) is 0 Å². The van der Waals surface area contributed by atoms with Crippen molar-refractivity contribution in [1.82, 2.24) is 5.32 Å². The lowest BCUT2D eigenvalue weighted by Gasteiger charge is -2.10. The summed E-state index contributed by atoms with van der Waals surface area (Å²) < 4.78 is 5.54. The standard InChI is InChI=1S/C14H22N2O2/c1-4-5-10-18-13-8-6-12(7-9-13)16-14(17)15-11(2)3/h6-9,11H,4-5,10H2,1-3H3,(H2,15,16,17). The Labute approximate surface area is 109 Å². The molecular formula is C14H22N2O2. The Morgan fingerprint density at radius 3 is 2.50 bits per heavy atom. The van der Waals surface area contributed by atoms with Crippen molar-refractivity contribution >= 4 is 11.7 Å². The third-order valence-corrected chi connectivity index (χ3v) is 2.30. The van der Waals surface area contributed by atoms with E-state index in [1.165, 1.54) is 0 Å². The minimum atomic E-state index is -0.190. The molecule has 0 aromatic heterocycles. The Bertz CT molecular complexity index is 361. The van der Waals surface area contributed by atoms with Crippen LogP contribution in [0.3, 0.4) is 0 Å². The first-order valence-corrected chi connectivity index (χ1v) is 6.42. The van der Waals surface area contributed by atoms with E-state index < -0.39 is 0 Å². The van der Waals surface area contributed by atoms with E-state index in [0.29, 0.717) is 0 Å². The fraction of sp³-hybridized carbons (Fsp3) is 0.500. The highest BCUT2D eigenvalue weighted by Gasteiger charge is 2.03. The van der Waals surface area contributed by atoms with Crippen LogP contribution in [-0.2, 0) is 0 Å². The first kappa shape index (κ1) is 14.4. The molecule has 1 rings (SSSR count). The quantitative estimate of drug-likeness (QED) is 0.760. The van der Waals surface area contributed by atoms with Gasteiger partial charge in [0.25, 0.3) is 0 Å². The number of anilines is 1. The molecule has 1 aromatic carbocycles. The number of unbranched alkanes of at least 4 members (excludes halogenated alkanes) is 1. The van der Waals surface area contributed by atoms with E-state index in [2.05, 4.69) is 17.6 Å². The number of urea groups is 1. The van der Waals surface area contributed by atoms with Crippen LogP contribution in [0.15, 0.2) is 24.3 Å². The number of hydrogen-bond acceptors (Lipinski definition) is 2. The minimum Gasteiger partial charge on any atom is -0.494 e. The highest BCUT2D eigenvalue weighted by atomic mass is 16.5. The molecule has 0 spiro atoms. The van der Waals surface area contributed by atoms with Crippen LogP contribution in [-0.4, -0.2) is 18.7 Å². The lowest BCUT2D eigenvalue weighted by atomic mass is 10.3. The van der Waals surface area contributed by atoms with Crippen LogP contribution in [0.4, 0.5) is 10.5 Å². The van der Waals surface area contributed by atoms with Crippen LogP contribution in [0.2, 0.25) is 0 Å². The average molecular weight is 250 g/mol. The molecule has 4 heteroatoms. The van der Waals surface area contributed by atoms with Crippen LogP contribution in [0, 0.1) is 0 Å². The highest BCUT2D eigenvalue weighted by Crippen LogP contribution is 2.15. The predicted octanol–water partition coefficient (Wildman–Crippen LogP) is 3.40. The summed E-state index contributed by atoms with van der Waals surface area (Å²) in [6.07, 6.45) is 2.17. The van der Waals surface area contributed by atoms with E-state index >= 15 is 0 Å². The zero-order chi connectivity index (χ0) is 13.4.